The largest absolute Gasteiger partial charge is 0.384 e. The number of anilines is 1. The second-order valence-corrected chi connectivity index (χ2v) is 8.76. The molecule has 0 bridgehead atoms. The molecule has 0 unspecified atom stereocenters. The fourth-order valence-electron chi connectivity index (χ4n) is 4.24. The molecule has 0 saturated carbocycles. The Morgan fingerprint density at radius 1 is 0.879 bits per heavy atom. The van der Waals surface area contributed by atoms with Crippen LogP contribution in [0.1, 0.15) is 21.5 Å². The maximum Gasteiger partial charge on any atom is 0.253 e. The van der Waals surface area contributed by atoms with E-state index in [0.717, 1.165) is 47.6 Å². The van der Waals surface area contributed by atoms with Crippen LogP contribution in [-0.4, -0.2) is 61.8 Å². The average Bonchev–Trinajstić information content (AvgIpc) is 2.83. The van der Waals surface area contributed by atoms with Gasteiger partial charge in [-0.05, 0) is 61.1 Å². The Morgan fingerprint density at radius 3 is 2.24 bits per heavy atom. The predicted molar refractivity (Wildman–Crippen MR) is 135 cm³/mol. The molecule has 3 aromatic carbocycles. The van der Waals surface area contributed by atoms with Crippen LogP contribution in [0.3, 0.4) is 0 Å². The molecule has 0 atom stereocenters. The lowest BCUT2D eigenvalue weighted by Gasteiger charge is -2.36. The number of nitrogens with zero attached hydrogens (tertiary/aromatic N) is 3. The molecule has 6 nitrogen and oxygen atoms in total. The summed E-state index contributed by atoms with van der Waals surface area (Å²) in [6, 6.07) is 24.2. The maximum absolute atomic E-state index is 13.1. The van der Waals surface area contributed by atoms with E-state index in [9.17, 15) is 4.79 Å². The van der Waals surface area contributed by atoms with Gasteiger partial charge in [0.15, 0.2) is 0 Å². The molecule has 6 heteroatoms. The maximum atomic E-state index is 13.1. The number of nitrogens with one attached hydrogen (secondary N) is 1. The Morgan fingerprint density at radius 2 is 1.58 bits per heavy atom. The molecule has 0 spiro atoms. The SMILES string of the molecule is CN(C)Cc1cccc(-c2ccc(C(=O)N3CCN(c4cccc(C(=N)N)c4)CC3)cc2)c1. The van der Waals surface area contributed by atoms with E-state index in [1.807, 2.05) is 53.4 Å². The Hall–Kier alpha value is -3.64. The quantitative estimate of drug-likeness (QED) is 0.452. The zero-order chi connectivity index (χ0) is 23.4. The zero-order valence-electron chi connectivity index (χ0n) is 19.3. The van der Waals surface area contributed by atoms with Gasteiger partial charge in [-0.1, -0.05) is 42.5 Å². The zero-order valence-corrected chi connectivity index (χ0v) is 19.3. The molecule has 1 aliphatic heterocycles. The van der Waals surface area contributed by atoms with Crippen LogP contribution in [0.25, 0.3) is 11.1 Å². The Kier molecular flexibility index (Phi) is 6.75. The number of benzene rings is 3. The molecule has 170 valence electrons. The van der Waals surface area contributed by atoms with E-state index in [2.05, 4.69) is 48.2 Å². The minimum atomic E-state index is 0.0681. The van der Waals surface area contributed by atoms with Crippen molar-refractivity contribution in [3.05, 3.63) is 89.5 Å². The van der Waals surface area contributed by atoms with E-state index < -0.39 is 0 Å². The number of carbonyl (C=O) groups excluding carboxylic acids is 1. The molecule has 0 aromatic heterocycles. The summed E-state index contributed by atoms with van der Waals surface area (Å²) in [6.07, 6.45) is 0. The second kappa shape index (κ2) is 9.88. The lowest BCUT2D eigenvalue weighted by Crippen LogP contribution is -2.48. The first-order valence-electron chi connectivity index (χ1n) is 11.2. The fourth-order valence-corrected chi connectivity index (χ4v) is 4.24. The van der Waals surface area contributed by atoms with Crippen molar-refractivity contribution in [2.75, 3.05) is 45.2 Å². The van der Waals surface area contributed by atoms with Crippen LogP contribution in [0.5, 0.6) is 0 Å². The highest BCUT2D eigenvalue weighted by atomic mass is 16.2. The van der Waals surface area contributed by atoms with Gasteiger partial charge in [0.25, 0.3) is 5.91 Å². The molecule has 1 saturated heterocycles. The number of hydrogen-bond donors (Lipinski definition) is 2. The van der Waals surface area contributed by atoms with E-state index in [0.29, 0.717) is 13.1 Å². The molecule has 0 radical (unpaired) electrons. The van der Waals surface area contributed by atoms with Crippen LogP contribution in [0.2, 0.25) is 0 Å². The number of amidine groups is 1. The number of hydrogen-bond acceptors (Lipinski definition) is 4. The molecule has 1 aliphatic rings. The minimum absolute atomic E-state index is 0.0681. The monoisotopic (exact) mass is 441 g/mol. The highest BCUT2D eigenvalue weighted by Crippen LogP contribution is 2.23. The number of nitrogen functional groups attached to an aromatic ring is 1. The Labute approximate surface area is 195 Å². The van der Waals surface area contributed by atoms with Crippen molar-refractivity contribution >= 4 is 17.4 Å². The van der Waals surface area contributed by atoms with E-state index in [1.54, 1.807) is 0 Å². The summed E-state index contributed by atoms with van der Waals surface area (Å²) in [4.78, 5) is 19.4. The van der Waals surface area contributed by atoms with Gasteiger partial charge in [0.2, 0.25) is 0 Å². The molecule has 0 aliphatic carbocycles. The summed E-state index contributed by atoms with van der Waals surface area (Å²) in [6.45, 7) is 3.73. The molecule has 1 fully saturated rings. The van der Waals surface area contributed by atoms with Crippen molar-refractivity contribution in [2.45, 2.75) is 6.54 Å². The van der Waals surface area contributed by atoms with Crippen LogP contribution < -0.4 is 10.6 Å². The Balaban J connectivity index is 1.39. The summed E-state index contributed by atoms with van der Waals surface area (Å²) in [7, 11) is 4.13. The number of carbonyl (C=O) groups is 1. The number of rotatable bonds is 6. The smallest absolute Gasteiger partial charge is 0.253 e. The summed E-state index contributed by atoms with van der Waals surface area (Å²) >= 11 is 0. The molecule has 1 heterocycles. The second-order valence-electron chi connectivity index (χ2n) is 8.76. The molecule has 3 aromatic rings. The van der Waals surface area contributed by atoms with E-state index in [1.165, 1.54) is 5.56 Å². The summed E-state index contributed by atoms with van der Waals surface area (Å²) in [5.41, 5.74) is 11.6. The minimum Gasteiger partial charge on any atom is -0.384 e. The third kappa shape index (κ3) is 5.41. The van der Waals surface area contributed by atoms with E-state index >= 15 is 0 Å². The highest BCUT2D eigenvalue weighted by Gasteiger charge is 2.22. The van der Waals surface area contributed by atoms with Crippen LogP contribution in [0.4, 0.5) is 5.69 Å². The van der Waals surface area contributed by atoms with Crippen molar-refractivity contribution in [1.29, 1.82) is 5.41 Å². The Bertz CT molecular complexity index is 1130. The van der Waals surface area contributed by atoms with Crippen LogP contribution >= 0.6 is 0 Å². The standard InChI is InChI=1S/C27H31N5O/c1-30(2)19-20-5-3-6-23(17-20)21-9-11-22(12-10-21)27(33)32-15-13-31(14-16-32)25-8-4-7-24(18-25)26(28)29/h3-12,17-18H,13-16,19H2,1-2H3,(H3,28,29). The van der Waals surface area contributed by atoms with Gasteiger partial charge in [0.05, 0.1) is 0 Å². The van der Waals surface area contributed by atoms with E-state index in [-0.39, 0.29) is 11.7 Å². The lowest BCUT2D eigenvalue weighted by atomic mass is 10.0. The number of nitrogens with two attached hydrogens (primary N) is 1. The van der Waals surface area contributed by atoms with Gasteiger partial charge in [-0.15, -0.1) is 0 Å². The van der Waals surface area contributed by atoms with Crippen molar-refractivity contribution < 1.29 is 4.79 Å². The van der Waals surface area contributed by atoms with Crippen molar-refractivity contribution in [2.24, 2.45) is 5.73 Å². The van der Waals surface area contributed by atoms with Crippen LogP contribution in [-0.2, 0) is 6.54 Å². The van der Waals surface area contributed by atoms with Gasteiger partial charge in [0, 0.05) is 49.5 Å². The van der Waals surface area contributed by atoms with Crippen LogP contribution in [0.15, 0.2) is 72.8 Å². The molecular weight excluding hydrogens is 410 g/mol. The molecule has 33 heavy (non-hydrogen) atoms. The first-order chi connectivity index (χ1) is 15.9. The fraction of sp³-hybridized carbons (Fsp3) is 0.259. The van der Waals surface area contributed by atoms with Crippen LogP contribution in [0, 0.1) is 5.41 Å². The lowest BCUT2D eigenvalue weighted by molar-refractivity contribution is 0.0747. The van der Waals surface area contributed by atoms with Crippen molar-refractivity contribution in [3.63, 3.8) is 0 Å². The van der Waals surface area contributed by atoms with Crippen molar-refractivity contribution in [3.8, 4) is 11.1 Å². The molecule has 4 rings (SSSR count). The molecule has 1 amide bonds. The predicted octanol–water partition coefficient (Wildman–Crippen LogP) is 3.66. The molecular formula is C27H31N5O. The highest BCUT2D eigenvalue weighted by molar-refractivity contribution is 5.96. The van der Waals surface area contributed by atoms with Gasteiger partial charge < -0.3 is 20.4 Å². The third-order valence-electron chi connectivity index (χ3n) is 5.98. The van der Waals surface area contributed by atoms with Gasteiger partial charge in [-0.3, -0.25) is 10.2 Å². The first-order valence-corrected chi connectivity index (χ1v) is 11.2. The van der Waals surface area contributed by atoms with Crippen molar-refractivity contribution in [1.82, 2.24) is 9.80 Å². The number of piperazine rings is 1. The average molecular weight is 442 g/mol. The van der Waals surface area contributed by atoms with Gasteiger partial charge >= 0.3 is 0 Å². The molecule has 3 N–H and O–H groups in total. The third-order valence-corrected chi connectivity index (χ3v) is 5.98. The summed E-state index contributed by atoms with van der Waals surface area (Å²) < 4.78 is 0. The van der Waals surface area contributed by atoms with Gasteiger partial charge in [-0.2, -0.15) is 0 Å². The first kappa shape index (κ1) is 22.6. The van der Waals surface area contributed by atoms with Gasteiger partial charge in [-0.25, -0.2) is 0 Å². The normalized spacial score (nSPS) is 13.9. The van der Waals surface area contributed by atoms with E-state index in [4.69, 9.17) is 11.1 Å². The van der Waals surface area contributed by atoms with Gasteiger partial charge in [0.1, 0.15) is 5.84 Å². The topological polar surface area (TPSA) is 76.7 Å². The summed E-state index contributed by atoms with van der Waals surface area (Å²) in [5, 5.41) is 7.64. The number of amides is 1. The summed E-state index contributed by atoms with van der Waals surface area (Å²) in [5.74, 6) is 0.138.